The van der Waals surface area contributed by atoms with Crippen molar-refractivity contribution in [1.29, 1.82) is 0 Å². The zero-order chi connectivity index (χ0) is 18.5. The van der Waals surface area contributed by atoms with E-state index in [0.717, 1.165) is 40.6 Å². The Morgan fingerprint density at radius 3 is 2.38 bits per heavy atom. The Labute approximate surface area is 163 Å². The molecule has 2 aliphatic rings. The van der Waals surface area contributed by atoms with Crippen LogP contribution in [0.5, 0.6) is 0 Å². The number of carbonyl (C=O) groups excluding carboxylic acids is 1. The first-order chi connectivity index (χ1) is 12.5. The summed E-state index contributed by atoms with van der Waals surface area (Å²) in [5, 5.41) is 4.23. The van der Waals surface area contributed by atoms with Crippen molar-refractivity contribution < 1.29 is 4.79 Å². The number of likely N-dealkylation sites (tertiary alicyclic amines) is 1. The number of Topliss-reactive ketones (excluding diaryl/α,β-unsaturated/α-hetero) is 1. The van der Waals surface area contributed by atoms with Crippen LogP contribution in [0.3, 0.4) is 0 Å². The summed E-state index contributed by atoms with van der Waals surface area (Å²) < 4.78 is 0. The van der Waals surface area contributed by atoms with Crippen LogP contribution < -0.4 is 5.32 Å². The van der Waals surface area contributed by atoms with E-state index in [-0.39, 0.29) is 0 Å². The SMILES string of the molecule is Cc1cc(C(=O)CC2CCCCC2)c(C)cc1NC(=S)N1CCCCC1. The molecule has 1 aromatic rings. The predicted octanol–water partition coefficient (Wildman–Crippen LogP) is 5.64. The topological polar surface area (TPSA) is 32.3 Å². The molecule has 1 aliphatic carbocycles. The molecule has 0 unspecified atom stereocenters. The smallest absolute Gasteiger partial charge is 0.173 e. The summed E-state index contributed by atoms with van der Waals surface area (Å²) in [6.07, 6.45) is 10.8. The molecule has 3 rings (SSSR count). The minimum Gasteiger partial charge on any atom is -0.349 e. The maximum atomic E-state index is 12.8. The molecular formula is C22H32N2OS. The van der Waals surface area contributed by atoms with Gasteiger partial charge in [0.1, 0.15) is 0 Å². The number of piperidine rings is 1. The number of rotatable bonds is 4. The summed E-state index contributed by atoms with van der Waals surface area (Å²) in [6.45, 7) is 6.20. The molecule has 0 spiro atoms. The zero-order valence-corrected chi connectivity index (χ0v) is 17.1. The number of nitrogens with one attached hydrogen (secondary N) is 1. The first-order valence-electron chi connectivity index (χ1n) is 10.2. The van der Waals surface area contributed by atoms with Gasteiger partial charge in [0, 0.05) is 30.8 Å². The molecule has 4 heteroatoms. The molecule has 1 saturated carbocycles. The van der Waals surface area contributed by atoms with E-state index in [1.807, 2.05) is 6.92 Å². The molecule has 0 bridgehead atoms. The molecule has 0 atom stereocenters. The van der Waals surface area contributed by atoms with Crippen LogP contribution in [0.1, 0.15) is 79.3 Å². The van der Waals surface area contributed by atoms with Crippen LogP contribution >= 0.6 is 12.2 Å². The molecule has 142 valence electrons. The fraction of sp³-hybridized carbons (Fsp3) is 0.636. The van der Waals surface area contributed by atoms with Crippen LogP contribution in [-0.2, 0) is 0 Å². The van der Waals surface area contributed by atoms with Gasteiger partial charge in [-0.15, -0.1) is 0 Å². The van der Waals surface area contributed by atoms with Gasteiger partial charge in [-0.2, -0.15) is 0 Å². The van der Waals surface area contributed by atoms with E-state index in [9.17, 15) is 4.79 Å². The highest BCUT2D eigenvalue weighted by Crippen LogP contribution is 2.29. The van der Waals surface area contributed by atoms with E-state index in [1.165, 1.54) is 51.4 Å². The highest BCUT2D eigenvalue weighted by Gasteiger charge is 2.20. The number of carbonyl (C=O) groups is 1. The first-order valence-corrected chi connectivity index (χ1v) is 10.7. The fourth-order valence-electron chi connectivity index (χ4n) is 4.31. The van der Waals surface area contributed by atoms with Crippen molar-refractivity contribution in [3.05, 3.63) is 28.8 Å². The summed E-state index contributed by atoms with van der Waals surface area (Å²) in [7, 11) is 0. The van der Waals surface area contributed by atoms with Gasteiger partial charge in [0.25, 0.3) is 0 Å². The largest absolute Gasteiger partial charge is 0.349 e. The molecule has 1 aliphatic heterocycles. The Hall–Kier alpha value is -1.42. The van der Waals surface area contributed by atoms with E-state index >= 15 is 0 Å². The van der Waals surface area contributed by atoms with Crippen molar-refractivity contribution in [3.63, 3.8) is 0 Å². The van der Waals surface area contributed by atoms with Gasteiger partial charge in [0.05, 0.1) is 0 Å². The number of nitrogens with zero attached hydrogens (tertiary/aromatic N) is 1. The van der Waals surface area contributed by atoms with Crippen LogP contribution in [0.25, 0.3) is 0 Å². The Bertz CT molecular complexity index is 658. The van der Waals surface area contributed by atoms with Crippen molar-refractivity contribution in [2.45, 2.75) is 71.6 Å². The third-order valence-electron chi connectivity index (χ3n) is 5.96. The number of benzene rings is 1. The molecular weight excluding hydrogens is 340 g/mol. The second-order valence-electron chi connectivity index (χ2n) is 8.09. The zero-order valence-electron chi connectivity index (χ0n) is 16.3. The number of thiocarbonyl (C=S) groups is 1. The summed E-state index contributed by atoms with van der Waals surface area (Å²) in [6, 6.07) is 4.15. The molecule has 1 heterocycles. The van der Waals surface area contributed by atoms with Gasteiger partial charge in [-0.1, -0.05) is 32.1 Å². The van der Waals surface area contributed by atoms with Crippen LogP contribution in [0.15, 0.2) is 12.1 Å². The maximum absolute atomic E-state index is 12.8. The van der Waals surface area contributed by atoms with Crippen molar-refractivity contribution in [3.8, 4) is 0 Å². The number of anilines is 1. The third kappa shape index (κ3) is 4.85. The molecule has 0 aromatic heterocycles. The Balaban J connectivity index is 1.67. The quantitative estimate of drug-likeness (QED) is 0.547. The Kier molecular flexibility index (Phi) is 6.68. The molecule has 0 amide bonds. The van der Waals surface area contributed by atoms with E-state index in [4.69, 9.17) is 12.2 Å². The molecule has 3 nitrogen and oxygen atoms in total. The molecule has 1 N–H and O–H groups in total. The number of hydrogen-bond acceptors (Lipinski definition) is 2. The Morgan fingerprint density at radius 1 is 1.04 bits per heavy atom. The van der Waals surface area contributed by atoms with Gasteiger partial charge < -0.3 is 10.2 Å². The normalized spacial score (nSPS) is 18.6. The average Bonchev–Trinajstić information content (AvgIpc) is 2.65. The summed E-state index contributed by atoms with van der Waals surface area (Å²) in [4.78, 5) is 15.1. The molecule has 0 radical (unpaired) electrons. The second kappa shape index (κ2) is 8.98. The van der Waals surface area contributed by atoms with E-state index < -0.39 is 0 Å². The summed E-state index contributed by atoms with van der Waals surface area (Å²) in [5.74, 6) is 0.892. The monoisotopic (exact) mass is 372 g/mol. The molecule has 1 aromatic carbocycles. The lowest BCUT2D eigenvalue weighted by Gasteiger charge is -2.30. The lowest BCUT2D eigenvalue weighted by Crippen LogP contribution is -2.38. The van der Waals surface area contributed by atoms with E-state index in [0.29, 0.717) is 18.1 Å². The number of hydrogen-bond donors (Lipinski definition) is 1. The molecule has 26 heavy (non-hydrogen) atoms. The van der Waals surface area contributed by atoms with Gasteiger partial charge in [0.2, 0.25) is 0 Å². The van der Waals surface area contributed by atoms with Gasteiger partial charge in [0.15, 0.2) is 10.9 Å². The van der Waals surface area contributed by atoms with Crippen LogP contribution in [0, 0.1) is 19.8 Å². The average molecular weight is 373 g/mol. The van der Waals surface area contributed by atoms with Crippen molar-refractivity contribution in [2.75, 3.05) is 18.4 Å². The minimum absolute atomic E-state index is 0.308. The summed E-state index contributed by atoms with van der Waals surface area (Å²) >= 11 is 5.60. The van der Waals surface area contributed by atoms with E-state index in [2.05, 4.69) is 29.3 Å². The highest BCUT2D eigenvalue weighted by molar-refractivity contribution is 7.80. The summed E-state index contributed by atoms with van der Waals surface area (Å²) in [5.41, 5.74) is 4.08. The minimum atomic E-state index is 0.308. The second-order valence-corrected chi connectivity index (χ2v) is 8.48. The van der Waals surface area contributed by atoms with E-state index in [1.54, 1.807) is 0 Å². The van der Waals surface area contributed by atoms with Gasteiger partial charge in [-0.3, -0.25) is 4.79 Å². The lowest BCUT2D eigenvalue weighted by atomic mass is 9.84. The molecule has 2 fully saturated rings. The first kappa shape index (κ1) is 19.3. The maximum Gasteiger partial charge on any atom is 0.173 e. The van der Waals surface area contributed by atoms with Crippen LogP contribution in [0.2, 0.25) is 0 Å². The third-order valence-corrected chi connectivity index (χ3v) is 6.32. The molecule has 1 saturated heterocycles. The van der Waals surface area contributed by atoms with Crippen molar-refractivity contribution in [1.82, 2.24) is 4.90 Å². The highest BCUT2D eigenvalue weighted by atomic mass is 32.1. The fourth-order valence-corrected chi connectivity index (χ4v) is 4.60. The lowest BCUT2D eigenvalue weighted by molar-refractivity contribution is 0.0949. The van der Waals surface area contributed by atoms with Crippen molar-refractivity contribution >= 4 is 28.8 Å². The van der Waals surface area contributed by atoms with Gasteiger partial charge >= 0.3 is 0 Å². The van der Waals surface area contributed by atoms with Crippen LogP contribution in [0.4, 0.5) is 5.69 Å². The number of ketones is 1. The van der Waals surface area contributed by atoms with Crippen LogP contribution in [-0.4, -0.2) is 28.9 Å². The predicted molar refractivity (Wildman–Crippen MR) is 113 cm³/mol. The number of aryl methyl sites for hydroxylation is 2. The van der Waals surface area contributed by atoms with Gasteiger partial charge in [-0.25, -0.2) is 0 Å². The van der Waals surface area contributed by atoms with Gasteiger partial charge in [-0.05, 0) is 74.5 Å². The Morgan fingerprint density at radius 2 is 1.69 bits per heavy atom. The van der Waals surface area contributed by atoms with Crippen molar-refractivity contribution in [2.24, 2.45) is 5.92 Å². The standard InChI is InChI=1S/C22H32N2OS/c1-16-14-20(23-22(26)24-11-7-4-8-12-24)17(2)13-19(16)21(25)15-18-9-5-3-6-10-18/h13-14,18H,3-12,15H2,1-2H3,(H,23,26).